The average Bonchev–Trinajstić information content (AvgIpc) is 3.24. The Morgan fingerprint density at radius 3 is 2.32 bits per heavy atom. The largest absolute Gasteiger partial charge is 0.481 e. The van der Waals surface area contributed by atoms with Crippen molar-refractivity contribution in [2.45, 2.75) is 13.8 Å². The lowest BCUT2D eigenvalue weighted by molar-refractivity contribution is -0.135. The van der Waals surface area contributed by atoms with Gasteiger partial charge in [0.2, 0.25) is 0 Å². The van der Waals surface area contributed by atoms with Crippen LogP contribution in [0.25, 0.3) is 10.9 Å². The molecule has 10 nitrogen and oxygen atoms in total. The predicted octanol–water partition coefficient (Wildman–Crippen LogP) is 1.13. The van der Waals surface area contributed by atoms with Crippen LogP contribution in [-0.4, -0.2) is 76.1 Å². The molecule has 0 amide bonds. The van der Waals surface area contributed by atoms with Crippen LogP contribution in [0.5, 0.6) is 0 Å². The molecule has 4 rings (SSSR count). The summed E-state index contributed by atoms with van der Waals surface area (Å²) in [6.45, 7) is 5.48. The number of aromatic nitrogens is 1. The summed E-state index contributed by atoms with van der Waals surface area (Å²) >= 11 is 0. The topological polar surface area (TPSA) is 160 Å². The highest BCUT2D eigenvalue weighted by Crippen LogP contribution is 2.40. The van der Waals surface area contributed by atoms with Gasteiger partial charge in [0.25, 0.3) is 11.9 Å². The number of carboxylic acids is 3. The van der Waals surface area contributed by atoms with Crippen LogP contribution >= 0.6 is 0 Å². The number of anilines is 1. The van der Waals surface area contributed by atoms with Crippen LogP contribution in [0.3, 0.4) is 0 Å². The zero-order chi connectivity index (χ0) is 23.2. The Labute approximate surface area is 179 Å². The molecule has 1 aromatic heterocycles. The first-order valence-corrected chi connectivity index (χ1v) is 9.68. The van der Waals surface area contributed by atoms with E-state index in [2.05, 4.69) is 15.2 Å². The minimum Gasteiger partial charge on any atom is -0.481 e. The van der Waals surface area contributed by atoms with E-state index < -0.39 is 17.9 Å². The number of benzene rings is 1. The summed E-state index contributed by atoms with van der Waals surface area (Å²) in [5.74, 6) is -1.56. The third-order valence-corrected chi connectivity index (χ3v) is 5.25. The van der Waals surface area contributed by atoms with Crippen molar-refractivity contribution >= 4 is 34.6 Å². The van der Waals surface area contributed by atoms with Crippen molar-refractivity contribution < 1.29 is 34.8 Å². The van der Waals surface area contributed by atoms with Gasteiger partial charge in [-0.2, -0.15) is 0 Å². The summed E-state index contributed by atoms with van der Waals surface area (Å²) in [5.41, 5.74) is 0.825. The fraction of sp³-hybridized carbons (Fsp3) is 0.429. The quantitative estimate of drug-likeness (QED) is 0.475. The van der Waals surface area contributed by atoms with E-state index in [1.807, 2.05) is 18.2 Å². The Morgan fingerprint density at radius 2 is 1.77 bits per heavy atom. The molecule has 1 aromatic carbocycles. The summed E-state index contributed by atoms with van der Waals surface area (Å²) in [6, 6.07) is 8.97. The van der Waals surface area contributed by atoms with Gasteiger partial charge >= 0.3 is 5.97 Å². The van der Waals surface area contributed by atoms with Gasteiger partial charge in [0.1, 0.15) is 5.82 Å². The van der Waals surface area contributed by atoms with Crippen molar-refractivity contribution in [3.8, 4) is 0 Å². The predicted molar refractivity (Wildman–Crippen MR) is 113 cm³/mol. The molecule has 2 unspecified atom stereocenters. The van der Waals surface area contributed by atoms with Gasteiger partial charge in [-0.15, -0.1) is 0 Å². The third kappa shape index (κ3) is 5.89. The maximum Gasteiger partial charge on any atom is 0.336 e. The van der Waals surface area contributed by atoms with Gasteiger partial charge in [0, 0.05) is 50.8 Å². The molecule has 3 heterocycles. The zero-order valence-corrected chi connectivity index (χ0v) is 17.4. The fourth-order valence-electron chi connectivity index (χ4n) is 3.92. The number of para-hydroxylation sites is 1. The van der Waals surface area contributed by atoms with Crippen LogP contribution in [0, 0.1) is 11.3 Å². The third-order valence-electron chi connectivity index (χ3n) is 5.25. The van der Waals surface area contributed by atoms with Gasteiger partial charge in [0.05, 0.1) is 17.7 Å². The van der Waals surface area contributed by atoms with Crippen LogP contribution in [-0.2, 0) is 9.59 Å². The minimum absolute atomic E-state index is 0.139. The average molecular weight is 433 g/mol. The summed E-state index contributed by atoms with van der Waals surface area (Å²) in [7, 11) is 0. The van der Waals surface area contributed by atoms with E-state index in [4.69, 9.17) is 19.8 Å². The summed E-state index contributed by atoms with van der Waals surface area (Å²) in [4.78, 5) is 36.4. The number of carboxylic acid groups (broad SMARTS) is 3. The number of aromatic carboxylic acids is 1. The number of hydrogen-bond acceptors (Lipinski definition) is 7. The molecule has 2 atom stereocenters. The number of fused-ring (bicyclic) bond motifs is 2. The van der Waals surface area contributed by atoms with Crippen molar-refractivity contribution in [3.63, 3.8) is 0 Å². The van der Waals surface area contributed by atoms with E-state index >= 15 is 0 Å². The van der Waals surface area contributed by atoms with Gasteiger partial charge in [-0.3, -0.25) is 9.59 Å². The molecule has 0 saturated carbocycles. The molecule has 10 heteroatoms. The summed E-state index contributed by atoms with van der Waals surface area (Å²) in [6.07, 6.45) is 0. The second-order valence-electron chi connectivity index (χ2n) is 7.62. The van der Waals surface area contributed by atoms with E-state index in [1.165, 1.54) is 0 Å². The lowest BCUT2D eigenvalue weighted by atomic mass is 9.82. The van der Waals surface area contributed by atoms with E-state index in [0.29, 0.717) is 29.2 Å². The van der Waals surface area contributed by atoms with Crippen molar-refractivity contribution in [3.05, 3.63) is 35.9 Å². The monoisotopic (exact) mass is 433 g/mol. The lowest BCUT2D eigenvalue weighted by Crippen LogP contribution is -2.36. The SMILES string of the molecule is CC(=O)O.CC(=O)O.O=C(O)c1cc(N2CC3CNCC3(CO)C2)nc2ccccc12. The normalized spacial score (nSPS) is 21.4. The van der Waals surface area contributed by atoms with Crippen molar-refractivity contribution in [2.75, 3.05) is 37.7 Å². The van der Waals surface area contributed by atoms with E-state index in [1.54, 1.807) is 12.1 Å². The Morgan fingerprint density at radius 1 is 1.16 bits per heavy atom. The fourth-order valence-corrected chi connectivity index (χ4v) is 3.92. The number of aliphatic hydroxyl groups excluding tert-OH is 1. The van der Waals surface area contributed by atoms with Crippen molar-refractivity contribution in [1.29, 1.82) is 0 Å². The highest BCUT2D eigenvalue weighted by molar-refractivity contribution is 6.03. The van der Waals surface area contributed by atoms with Crippen LogP contribution in [0.15, 0.2) is 30.3 Å². The van der Waals surface area contributed by atoms with E-state index in [0.717, 1.165) is 33.5 Å². The molecule has 2 aliphatic rings. The zero-order valence-electron chi connectivity index (χ0n) is 17.4. The van der Waals surface area contributed by atoms with Crippen LogP contribution in [0.1, 0.15) is 24.2 Å². The van der Waals surface area contributed by atoms with Crippen molar-refractivity contribution in [1.82, 2.24) is 10.3 Å². The number of rotatable bonds is 3. The minimum atomic E-state index is -0.942. The lowest BCUT2D eigenvalue weighted by Gasteiger charge is -2.25. The van der Waals surface area contributed by atoms with Gasteiger partial charge in [-0.25, -0.2) is 9.78 Å². The Balaban J connectivity index is 0.000000370. The van der Waals surface area contributed by atoms with E-state index in [-0.39, 0.29) is 17.6 Å². The molecule has 168 valence electrons. The molecule has 2 aromatic rings. The van der Waals surface area contributed by atoms with Gasteiger partial charge in [-0.1, -0.05) is 18.2 Å². The first kappa shape index (κ1) is 24.0. The Hall–Kier alpha value is -3.24. The van der Waals surface area contributed by atoms with Gasteiger partial charge < -0.3 is 30.6 Å². The number of carbonyl (C=O) groups is 3. The van der Waals surface area contributed by atoms with Crippen LogP contribution < -0.4 is 10.2 Å². The number of nitrogens with one attached hydrogen (secondary N) is 1. The first-order valence-electron chi connectivity index (χ1n) is 9.68. The molecule has 2 saturated heterocycles. The molecule has 0 bridgehead atoms. The molecule has 2 aliphatic heterocycles. The second-order valence-corrected chi connectivity index (χ2v) is 7.62. The van der Waals surface area contributed by atoms with Gasteiger partial charge in [-0.05, 0) is 18.1 Å². The Kier molecular flexibility index (Phi) is 7.89. The van der Waals surface area contributed by atoms with Crippen LogP contribution in [0.2, 0.25) is 0 Å². The molecular weight excluding hydrogens is 406 g/mol. The summed E-state index contributed by atoms with van der Waals surface area (Å²) in [5, 5.41) is 38.2. The number of aliphatic hydroxyl groups is 1. The number of nitrogens with zero attached hydrogens (tertiary/aromatic N) is 2. The standard InChI is InChI=1S/C17H19N3O3.2C2H4O2/c21-10-17-8-18-6-11(17)7-20(9-17)15-5-13(16(22)23)12-3-1-2-4-14(12)19-15;2*1-2(3)4/h1-5,11,18,21H,6-10H2,(H,22,23);2*1H3,(H,3,4). The second kappa shape index (κ2) is 10.2. The van der Waals surface area contributed by atoms with Gasteiger partial charge in [0.15, 0.2) is 0 Å². The molecule has 0 spiro atoms. The van der Waals surface area contributed by atoms with Crippen LogP contribution in [0.4, 0.5) is 5.82 Å². The summed E-state index contributed by atoms with van der Waals surface area (Å²) < 4.78 is 0. The molecule has 0 radical (unpaired) electrons. The first-order chi connectivity index (χ1) is 14.6. The maximum atomic E-state index is 11.6. The molecular formula is C21H27N3O7. The molecule has 0 aliphatic carbocycles. The number of hydrogen-bond donors (Lipinski definition) is 5. The maximum absolute atomic E-state index is 11.6. The van der Waals surface area contributed by atoms with E-state index in [9.17, 15) is 15.0 Å². The molecule has 2 fully saturated rings. The molecule has 5 N–H and O–H groups in total. The smallest absolute Gasteiger partial charge is 0.336 e. The number of pyridine rings is 1. The molecule has 31 heavy (non-hydrogen) atoms. The highest BCUT2D eigenvalue weighted by atomic mass is 16.4. The number of aliphatic carboxylic acids is 2. The Bertz CT molecular complexity index is 945. The highest BCUT2D eigenvalue weighted by Gasteiger charge is 2.49. The van der Waals surface area contributed by atoms with Crippen molar-refractivity contribution in [2.24, 2.45) is 11.3 Å².